The van der Waals surface area contributed by atoms with Crippen LogP contribution in [0.25, 0.3) is 0 Å². The molecule has 0 N–H and O–H groups in total. The van der Waals surface area contributed by atoms with Crippen LogP contribution in [0.5, 0.6) is 0 Å². The Labute approximate surface area is 99.8 Å². The van der Waals surface area contributed by atoms with E-state index in [2.05, 4.69) is 6.58 Å². The smallest absolute Gasteiger partial charge is 0.314 e. The molecule has 0 bridgehead atoms. The van der Waals surface area contributed by atoms with Crippen LogP contribution in [0.1, 0.15) is 34.1 Å². The van der Waals surface area contributed by atoms with Crippen molar-refractivity contribution >= 4 is 0 Å². The lowest BCUT2D eigenvalue weighted by atomic mass is 9.92. The van der Waals surface area contributed by atoms with Gasteiger partial charge in [-0.3, -0.25) is 0 Å². The van der Waals surface area contributed by atoms with Gasteiger partial charge in [0, 0.05) is 5.92 Å². The number of rotatable bonds is 7. The molecular formula is C12H20F4O. The highest BCUT2D eigenvalue weighted by Crippen LogP contribution is 2.43. The minimum atomic E-state index is -4.08. The Bertz CT molecular complexity index is 249. The molecule has 17 heavy (non-hydrogen) atoms. The SMILES string of the molecule is C=COC(CC(F)(F)C(F)(F)C(C)C)C(C)C. The van der Waals surface area contributed by atoms with Crippen molar-refractivity contribution < 1.29 is 22.3 Å². The fourth-order valence-electron chi connectivity index (χ4n) is 1.38. The van der Waals surface area contributed by atoms with Crippen LogP contribution in [0.15, 0.2) is 12.8 Å². The Hall–Kier alpha value is -0.740. The van der Waals surface area contributed by atoms with Gasteiger partial charge in [-0.1, -0.05) is 34.3 Å². The Kier molecular flexibility index (Phi) is 5.49. The van der Waals surface area contributed by atoms with E-state index in [-0.39, 0.29) is 5.92 Å². The maximum absolute atomic E-state index is 13.5. The lowest BCUT2D eigenvalue weighted by molar-refractivity contribution is -0.243. The van der Waals surface area contributed by atoms with Gasteiger partial charge in [0.25, 0.3) is 0 Å². The van der Waals surface area contributed by atoms with Gasteiger partial charge in [-0.15, -0.1) is 0 Å². The van der Waals surface area contributed by atoms with Crippen LogP contribution in [-0.2, 0) is 4.74 Å². The van der Waals surface area contributed by atoms with E-state index in [1.54, 1.807) is 13.8 Å². The number of hydrogen-bond acceptors (Lipinski definition) is 1. The zero-order valence-corrected chi connectivity index (χ0v) is 10.6. The first kappa shape index (κ1) is 16.3. The van der Waals surface area contributed by atoms with Gasteiger partial charge in [0.05, 0.1) is 12.7 Å². The molecular weight excluding hydrogens is 236 g/mol. The molecule has 0 aliphatic rings. The molecule has 0 rings (SSSR count). The second kappa shape index (κ2) is 5.74. The molecule has 5 heteroatoms. The maximum Gasteiger partial charge on any atom is 0.314 e. The Morgan fingerprint density at radius 1 is 1.12 bits per heavy atom. The summed E-state index contributed by atoms with van der Waals surface area (Å²) in [5.41, 5.74) is 0. The molecule has 0 saturated carbocycles. The summed E-state index contributed by atoms with van der Waals surface area (Å²) in [7, 11) is 0. The van der Waals surface area contributed by atoms with Gasteiger partial charge < -0.3 is 4.74 Å². The molecule has 0 aromatic rings. The number of hydrogen-bond donors (Lipinski definition) is 0. The molecule has 0 spiro atoms. The summed E-state index contributed by atoms with van der Waals surface area (Å²) in [5, 5.41) is 0. The average Bonchev–Trinajstić information content (AvgIpc) is 2.16. The Balaban J connectivity index is 4.88. The summed E-state index contributed by atoms with van der Waals surface area (Å²) in [4.78, 5) is 0. The minimum absolute atomic E-state index is 0.290. The van der Waals surface area contributed by atoms with Crippen molar-refractivity contribution in [3.63, 3.8) is 0 Å². The van der Waals surface area contributed by atoms with Gasteiger partial charge >= 0.3 is 11.8 Å². The van der Waals surface area contributed by atoms with Crippen molar-refractivity contribution in [2.24, 2.45) is 11.8 Å². The zero-order valence-electron chi connectivity index (χ0n) is 10.6. The first-order chi connectivity index (χ1) is 7.56. The standard InChI is InChI=1S/C12H20F4O/c1-6-17-10(8(2)3)7-11(13,14)12(15,16)9(4)5/h6,8-10H,1,7H2,2-5H3. The molecule has 102 valence electrons. The molecule has 0 aliphatic heterocycles. The predicted octanol–water partition coefficient (Wildman–Crippen LogP) is 4.49. The number of halogens is 4. The minimum Gasteiger partial charge on any atom is -0.498 e. The van der Waals surface area contributed by atoms with E-state index in [4.69, 9.17) is 4.74 Å². The molecule has 0 aliphatic carbocycles. The van der Waals surface area contributed by atoms with Gasteiger partial charge in [0.1, 0.15) is 6.10 Å². The second-order valence-electron chi connectivity index (χ2n) is 4.77. The topological polar surface area (TPSA) is 9.23 Å². The molecule has 1 unspecified atom stereocenters. The van der Waals surface area contributed by atoms with Gasteiger partial charge in [0.2, 0.25) is 0 Å². The molecule has 0 saturated heterocycles. The van der Waals surface area contributed by atoms with Crippen molar-refractivity contribution in [1.82, 2.24) is 0 Å². The van der Waals surface area contributed by atoms with E-state index in [9.17, 15) is 17.6 Å². The molecule has 0 aromatic carbocycles. The molecule has 1 nitrogen and oxygen atoms in total. The largest absolute Gasteiger partial charge is 0.498 e. The van der Waals surface area contributed by atoms with E-state index in [1.165, 1.54) is 0 Å². The monoisotopic (exact) mass is 256 g/mol. The fourth-order valence-corrected chi connectivity index (χ4v) is 1.38. The van der Waals surface area contributed by atoms with E-state index in [1.807, 2.05) is 0 Å². The highest BCUT2D eigenvalue weighted by molar-refractivity contribution is 4.90. The summed E-state index contributed by atoms with van der Waals surface area (Å²) in [6.45, 7) is 8.68. The maximum atomic E-state index is 13.5. The Morgan fingerprint density at radius 2 is 1.59 bits per heavy atom. The molecule has 0 fully saturated rings. The number of ether oxygens (including phenoxy) is 1. The fraction of sp³-hybridized carbons (Fsp3) is 0.833. The third-order valence-electron chi connectivity index (χ3n) is 2.68. The van der Waals surface area contributed by atoms with Crippen LogP contribution in [-0.4, -0.2) is 17.9 Å². The van der Waals surface area contributed by atoms with Gasteiger partial charge in [0.15, 0.2) is 0 Å². The summed E-state index contributed by atoms with van der Waals surface area (Å²) in [6, 6.07) is 0. The van der Waals surface area contributed by atoms with Crippen LogP contribution >= 0.6 is 0 Å². The van der Waals surface area contributed by atoms with Crippen LogP contribution in [0.2, 0.25) is 0 Å². The third-order valence-corrected chi connectivity index (χ3v) is 2.68. The average molecular weight is 256 g/mol. The van der Waals surface area contributed by atoms with E-state index in [0.29, 0.717) is 0 Å². The van der Waals surface area contributed by atoms with E-state index >= 15 is 0 Å². The summed E-state index contributed by atoms with van der Waals surface area (Å²) in [6.07, 6.45) is -0.969. The quantitative estimate of drug-likeness (QED) is 0.482. The summed E-state index contributed by atoms with van der Waals surface area (Å²) < 4.78 is 58.6. The highest BCUT2D eigenvalue weighted by Gasteiger charge is 2.58. The van der Waals surface area contributed by atoms with E-state index in [0.717, 1.165) is 20.1 Å². The molecule has 0 radical (unpaired) electrons. The molecule has 1 atom stereocenters. The Morgan fingerprint density at radius 3 is 1.88 bits per heavy atom. The van der Waals surface area contributed by atoms with Crippen molar-refractivity contribution in [2.45, 2.75) is 52.1 Å². The normalized spacial score (nSPS) is 15.2. The van der Waals surface area contributed by atoms with Gasteiger partial charge in [-0.05, 0) is 5.92 Å². The van der Waals surface area contributed by atoms with E-state index < -0.39 is 30.3 Å². The third kappa shape index (κ3) is 3.89. The summed E-state index contributed by atoms with van der Waals surface area (Å²) >= 11 is 0. The second-order valence-corrected chi connectivity index (χ2v) is 4.77. The van der Waals surface area contributed by atoms with Crippen molar-refractivity contribution in [3.05, 3.63) is 12.8 Å². The van der Waals surface area contributed by atoms with Crippen molar-refractivity contribution in [1.29, 1.82) is 0 Å². The number of alkyl halides is 4. The van der Waals surface area contributed by atoms with Crippen molar-refractivity contribution in [3.8, 4) is 0 Å². The lowest BCUT2D eigenvalue weighted by Gasteiger charge is -2.33. The van der Waals surface area contributed by atoms with Crippen LogP contribution < -0.4 is 0 Å². The van der Waals surface area contributed by atoms with Crippen LogP contribution in [0.3, 0.4) is 0 Å². The zero-order chi connectivity index (χ0) is 13.9. The highest BCUT2D eigenvalue weighted by atomic mass is 19.3. The summed E-state index contributed by atoms with van der Waals surface area (Å²) in [5.74, 6) is -9.83. The molecule has 0 aromatic heterocycles. The van der Waals surface area contributed by atoms with Crippen molar-refractivity contribution in [2.75, 3.05) is 0 Å². The first-order valence-electron chi connectivity index (χ1n) is 5.58. The van der Waals surface area contributed by atoms with Gasteiger partial charge in [-0.25, -0.2) is 0 Å². The molecule has 0 heterocycles. The first-order valence-corrected chi connectivity index (χ1v) is 5.58. The van der Waals surface area contributed by atoms with Crippen LogP contribution in [0, 0.1) is 11.8 Å². The molecule has 0 amide bonds. The van der Waals surface area contributed by atoms with Gasteiger partial charge in [-0.2, -0.15) is 17.6 Å². The predicted molar refractivity (Wildman–Crippen MR) is 59.3 cm³/mol. The lowest BCUT2D eigenvalue weighted by Crippen LogP contribution is -2.47. The van der Waals surface area contributed by atoms with Crippen LogP contribution in [0.4, 0.5) is 17.6 Å².